The summed E-state index contributed by atoms with van der Waals surface area (Å²) >= 11 is 0. The monoisotopic (exact) mass is 177 g/mol. The lowest BCUT2D eigenvalue weighted by atomic mass is 9.78. The van der Waals surface area contributed by atoms with Gasteiger partial charge in [0.1, 0.15) is 5.92 Å². The fraction of sp³-hybridized carbons (Fsp3) is 0.333. The molecule has 0 heterocycles. The van der Waals surface area contributed by atoms with Crippen molar-refractivity contribution in [3.05, 3.63) is 41.3 Å². The van der Waals surface area contributed by atoms with Crippen LogP contribution in [0.3, 0.4) is 0 Å². The Bertz CT molecular complexity index is 234. The topological polar surface area (TPSA) is 66.9 Å². The standard InChI is InChI=1S/C9H9N2O2/c1-2-7-3-4-9(11(12)13)8(5-7)6-10/h3-5,8H,2H2,1H3. The van der Waals surface area contributed by atoms with Gasteiger partial charge in [0.2, 0.25) is 0 Å². The first-order chi connectivity index (χ1) is 6.19. The highest BCUT2D eigenvalue weighted by molar-refractivity contribution is 5.35. The van der Waals surface area contributed by atoms with Crippen LogP contribution in [0.25, 0.3) is 0 Å². The zero-order valence-corrected chi connectivity index (χ0v) is 7.23. The lowest BCUT2D eigenvalue weighted by molar-refractivity contribution is -0.465. The third kappa shape index (κ3) is 2.18. The van der Waals surface area contributed by atoms with Gasteiger partial charge >= 0.3 is 6.04 Å². The van der Waals surface area contributed by atoms with Crippen LogP contribution in [0.1, 0.15) is 13.3 Å². The molecule has 0 aromatic carbocycles. The maximum Gasteiger partial charge on any atom is 0.311 e. The zero-order valence-electron chi connectivity index (χ0n) is 7.23. The SMILES string of the molecule is CC[C]1[CH][CH][C]([N+](=O)[O-])C(C#N)[CH]1. The predicted molar refractivity (Wildman–Crippen MR) is 45.8 cm³/mol. The summed E-state index contributed by atoms with van der Waals surface area (Å²) in [6.07, 6.45) is 5.52. The van der Waals surface area contributed by atoms with Crippen molar-refractivity contribution in [3.63, 3.8) is 0 Å². The zero-order chi connectivity index (χ0) is 9.84. The first-order valence-electron chi connectivity index (χ1n) is 3.98. The van der Waals surface area contributed by atoms with Crippen LogP contribution >= 0.6 is 0 Å². The van der Waals surface area contributed by atoms with Crippen molar-refractivity contribution in [3.8, 4) is 6.07 Å². The van der Waals surface area contributed by atoms with Gasteiger partial charge in [0.15, 0.2) is 0 Å². The average molecular weight is 177 g/mol. The van der Waals surface area contributed by atoms with E-state index in [9.17, 15) is 10.1 Å². The van der Waals surface area contributed by atoms with Crippen LogP contribution in [-0.2, 0) is 0 Å². The number of hydrogen-bond acceptors (Lipinski definition) is 3. The Balaban J connectivity index is 2.61. The van der Waals surface area contributed by atoms with Gasteiger partial charge in [0, 0.05) is 4.92 Å². The number of rotatable bonds is 2. The van der Waals surface area contributed by atoms with Crippen LogP contribution < -0.4 is 0 Å². The number of nitro groups is 1. The Kier molecular flexibility index (Phi) is 3.24. The minimum absolute atomic E-state index is 0.0419. The first-order valence-corrected chi connectivity index (χ1v) is 3.98. The second kappa shape index (κ2) is 4.22. The van der Waals surface area contributed by atoms with Crippen LogP contribution in [0.5, 0.6) is 0 Å². The molecule has 1 aliphatic carbocycles. The fourth-order valence-electron chi connectivity index (χ4n) is 1.16. The van der Waals surface area contributed by atoms with Gasteiger partial charge in [-0.2, -0.15) is 5.26 Å². The molecule has 0 spiro atoms. The molecule has 0 N–H and O–H groups in total. The summed E-state index contributed by atoms with van der Waals surface area (Å²) in [4.78, 5) is 9.95. The van der Waals surface area contributed by atoms with Gasteiger partial charge in [-0.05, 0) is 25.2 Å². The van der Waals surface area contributed by atoms with Crippen LogP contribution in [0.4, 0.5) is 0 Å². The average Bonchev–Trinajstić information content (AvgIpc) is 2.16. The second-order valence-electron chi connectivity index (χ2n) is 2.72. The van der Waals surface area contributed by atoms with Gasteiger partial charge in [0.05, 0.1) is 12.5 Å². The molecule has 1 aliphatic rings. The van der Waals surface area contributed by atoms with Gasteiger partial charge in [-0.3, -0.25) is 10.1 Å². The summed E-state index contributed by atoms with van der Waals surface area (Å²) in [6.45, 7) is 1.95. The molecular weight excluding hydrogens is 168 g/mol. The number of nitriles is 1. The van der Waals surface area contributed by atoms with E-state index >= 15 is 0 Å². The van der Waals surface area contributed by atoms with Crippen LogP contribution in [-0.4, -0.2) is 4.92 Å². The Labute approximate surface area is 77.7 Å². The molecule has 1 fully saturated rings. The molecule has 0 saturated heterocycles. The van der Waals surface area contributed by atoms with Gasteiger partial charge in [0.25, 0.3) is 0 Å². The normalized spacial score (nSPS) is 25.4. The number of hydrogen-bond donors (Lipinski definition) is 0. The van der Waals surface area contributed by atoms with Crippen molar-refractivity contribution >= 4 is 0 Å². The van der Waals surface area contributed by atoms with Gasteiger partial charge in [-0.25, -0.2) is 0 Å². The van der Waals surface area contributed by atoms with E-state index < -0.39 is 10.8 Å². The highest BCUT2D eigenvalue weighted by atomic mass is 16.6. The van der Waals surface area contributed by atoms with E-state index in [1.54, 1.807) is 12.8 Å². The third-order valence-corrected chi connectivity index (χ3v) is 1.93. The van der Waals surface area contributed by atoms with Crippen molar-refractivity contribution in [2.45, 2.75) is 13.3 Å². The molecule has 0 aliphatic heterocycles. The molecule has 0 bridgehead atoms. The van der Waals surface area contributed by atoms with Crippen LogP contribution in [0, 0.1) is 58.6 Å². The highest BCUT2D eigenvalue weighted by Gasteiger charge is 2.40. The summed E-state index contributed by atoms with van der Waals surface area (Å²) in [6, 6.07) is 1.85. The van der Waals surface area contributed by atoms with Crippen LogP contribution in [0.2, 0.25) is 0 Å². The smallest absolute Gasteiger partial charge is 0.264 e. The second-order valence-corrected chi connectivity index (χ2v) is 2.72. The third-order valence-electron chi connectivity index (χ3n) is 1.93. The van der Waals surface area contributed by atoms with E-state index in [0.29, 0.717) is 0 Å². The summed E-state index contributed by atoms with van der Waals surface area (Å²) in [7, 11) is 0. The van der Waals surface area contributed by atoms with E-state index in [0.717, 1.165) is 12.3 Å². The van der Waals surface area contributed by atoms with E-state index in [1.807, 2.05) is 13.0 Å². The summed E-state index contributed by atoms with van der Waals surface area (Å²) in [5.41, 5.74) is 0. The number of nitrogens with zero attached hydrogens (tertiary/aromatic N) is 2. The molecule has 13 heavy (non-hydrogen) atoms. The van der Waals surface area contributed by atoms with Crippen molar-refractivity contribution < 1.29 is 4.92 Å². The van der Waals surface area contributed by atoms with E-state index in [1.165, 1.54) is 6.42 Å². The minimum Gasteiger partial charge on any atom is -0.264 e. The van der Waals surface area contributed by atoms with E-state index in [-0.39, 0.29) is 6.04 Å². The maximum atomic E-state index is 10.5. The van der Waals surface area contributed by atoms with Crippen molar-refractivity contribution in [2.75, 3.05) is 0 Å². The quantitative estimate of drug-likeness (QED) is 0.474. The molecule has 0 aromatic rings. The lowest BCUT2D eigenvalue weighted by Gasteiger charge is -2.23. The van der Waals surface area contributed by atoms with Crippen molar-refractivity contribution in [1.29, 1.82) is 5.26 Å². The molecule has 5 radical (unpaired) electrons. The predicted octanol–water partition coefficient (Wildman–Crippen LogP) is 1.55. The Morgan fingerprint density at radius 2 is 2.38 bits per heavy atom. The molecule has 67 valence electrons. The van der Waals surface area contributed by atoms with Crippen LogP contribution in [0.15, 0.2) is 0 Å². The molecule has 1 atom stereocenters. The van der Waals surface area contributed by atoms with Gasteiger partial charge < -0.3 is 0 Å². The van der Waals surface area contributed by atoms with Gasteiger partial charge in [-0.1, -0.05) is 6.92 Å². The van der Waals surface area contributed by atoms with E-state index in [2.05, 4.69) is 0 Å². The Morgan fingerprint density at radius 3 is 2.85 bits per heavy atom. The lowest BCUT2D eigenvalue weighted by Crippen LogP contribution is -2.28. The molecule has 1 unspecified atom stereocenters. The maximum absolute atomic E-state index is 10.5. The Hall–Kier alpha value is -1.11. The molecule has 1 rings (SSSR count). The summed E-state index contributed by atoms with van der Waals surface area (Å²) < 4.78 is 0. The van der Waals surface area contributed by atoms with Gasteiger partial charge in [-0.15, -0.1) is 0 Å². The summed E-state index contributed by atoms with van der Waals surface area (Å²) in [5, 5.41) is 19.1. The molecule has 1 saturated carbocycles. The molecule has 4 nitrogen and oxygen atoms in total. The molecule has 0 amide bonds. The molecular formula is C9H9N2O2. The minimum atomic E-state index is -0.699. The van der Waals surface area contributed by atoms with Crippen molar-refractivity contribution in [1.82, 2.24) is 0 Å². The molecule has 0 aromatic heterocycles. The molecule has 4 heteroatoms. The summed E-state index contributed by atoms with van der Waals surface area (Å²) in [5.74, 6) is 0.270. The first kappa shape index (κ1) is 9.97. The van der Waals surface area contributed by atoms with E-state index in [4.69, 9.17) is 5.26 Å². The Morgan fingerprint density at radius 1 is 1.69 bits per heavy atom. The fourth-order valence-corrected chi connectivity index (χ4v) is 1.16. The largest absolute Gasteiger partial charge is 0.311 e. The highest BCUT2D eigenvalue weighted by Crippen LogP contribution is 2.35. The van der Waals surface area contributed by atoms with Crippen molar-refractivity contribution in [2.24, 2.45) is 5.92 Å².